The van der Waals surface area contributed by atoms with Crippen LogP contribution in [0.25, 0.3) is 0 Å². The number of carbonyl (C=O) groups excluding carboxylic acids is 1. The van der Waals surface area contributed by atoms with Gasteiger partial charge in [-0.1, -0.05) is 60.7 Å². The Morgan fingerprint density at radius 1 is 0.966 bits per heavy atom. The molecule has 3 aromatic carbocycles. The minimum absolute atomic E-state index is 0.0493. The lowest BCUT2D eigenvalue weighted by Gasteiger charge is -2.14. The summed E-state index contributed by atoms with van der Waals surface area (Å²) in [5.74, 6) is 0.401. The van der Waals surface area contributed by atoms with Crippen molar-refractivity contribution < 1.29 is 4.79 Å². The first kappa shape index (κ1) is 17.4. The van der Waals surface area contributed by atoms with Gasteiger partial charge >= 0.3 is 0 Å². The van der Waals surface area contributed by atoms with Crippen molar-refractivity contribution in [3.8, 4) is 0 Å². The van der Waals surface area contributed by atoms with Crippen LogP contribution in [0.3, 0.4) is 0 Å². The summed E-state index contributed by atoms with van der Waals surface area (Å²) >= 11 is 0. The number of nitrogens with one attached hydrogen (secondary N) is 2. The summed E-state index contributed by atoms with van der Waals surface area (Å²) in [5, 5.41) is 6.29. The molecule has 5 rings (SSSR count). The molecule has 0 spiro atoms. The van der Waals surface area contributed by atoms with Crippen LogP contribution in [0, 0.1) is 0 Å². The summed E-state index contributed by atoms with van der Waals surface area (Å²) < 4.78 is 0. The SMILES string of the molecule is O=C1Nc2ccccc2C1C(=Nc1cccc(C2=NCCN2)c1)c1ccccc1. The van der Waals surface area contributed by atoms with Crippen molar-refractivity contribution in [3.63, 3.8) is 0 Å². The van der Waals surface area contributed by atoms with Gasteiger partial charge in [-0.05, 0) is 29.3 Å². The number of fused-ring (bicyclic) bond motifs is 1. The Balaban J connectivity index is 1.63. The zero-order valence-corrected chi connectivity index (χ0v) is 15.8. The van der Waals surface area contributed by atoms with E-state index < -0.39 is 5.92 Å². The van der Waals surface area contributed by atoms with Crippen LogP contribution in [0.5, 0.6) is 0 Å². The molecule has 0 aromatic heterocycles. The summed E-state index contributed by atoms with van der Waals surface area (Å²) in [7, 11) is 0. The van der Waals surface area contributed by atoms with E-state index in [2.05, 4.69) is 15.6 Å². The average molecular weight is 380 g/mol. The number of nitrogens with zero attached hydrogens (tertiary/aromatic N) is 2. The van der Waals surface area contributed by atoms with Crippen LogP contribution in [0.1, 0.15) is 22.6 Å². The van der Waals surface area contributed by atoms with Crippen LogP contribution in [0.15, 0.2) is 88.8 Å². The minimum Gasteiger partial charge on any atom is -0.368 e. The van der Waals surface area contributed by atoms with Crippen molar-refractivity contribution in [2.24, 2.45) is 9.98 Å². The van der Waals surface area contributed by atoms with Gasteiger partial charge in [0.05, 0.1) is 17.9 Å². The highest BCUT2D eigenvalue weighted by Crippen LogP contribution is 2.36. The number of anilines is 1. The number of carbonyl (C=O) groups is 1. The van der Waals surface area contributed by atoms with E-state index in [1.807, 2.05) is 78.9 Å². The van der Waals surface area contributed by atoms with E-state index in [-0.39, 0.29) is 5.91 Å². The van der Waals surface area contributed by atoms with Gasteiger partial charge < -0.3 is 10.6 Å². The number of amides is 1. The van der Waals surface area contributed by atoms with Crippen LogP contribution in [0.2, 0.25) is 0 Å². The molecule has 2 aliphatic rings. The molecule has 5 heteroatoms. The molecule has 5 nitrogen and oxygen atoms in total. The van der Waals surface area contributed by atoms with Gasteiger partial charge in [0.15, 0.2) is 0 Å². The number of amidine groups is 1. The molecule has 0 radical (unpaired) electrons. The van der Waals surface area contributed by atoms with Gasteiger partial charge in [-0.2, -0.15) is 0 Å². The van der Waals surface area contributed by atoms with E-state index >= 15 is 0 Å². The Morgan fingerprint density at radius 2 is 1.79 bits per heavy atom. The second-order valence-electron chi connectivity index (χ2n) is 7.08. The van der Waals surface area contributed by atoms with E-state index in [0.29, 0.717) is 0 Å². The molecule has 1 amide bonds. The molecule has 0 saturated heterocycles. The van der Waals surface area contributed by atoms with Gasteiger partial charge in [0.1, 0.15) is 11.8 Å². The van der Waals surface area contributed by atoms with Crippen LogP contribution in [-0.2, 0) is 4.79 Å². The zero-order chi connectivity index (χ0) is 19.6. The Bertz CT molecular complexity index is 1130. The van der Waals surface area contributed by atoms with Crippen LogP contribution < -0.4 is 10.6 Å². The van der Waals surface area contributed by atoms with Gasteiger partial charge in [0.2, 0.25) is 5.91 Å². The molecule has 3 aromatic rings. The lowest BCUT2D eigenvalue weighted by molar-refractivity contribution is -0.115. The predicted octanol–water partition coefficient (Wildman–Crippen LogP) is 3.89. The molecule has 142 valence electrons. The zero-order valence-electron chi connectivity index (χ0n) is 15.8. The quantitative estimate of drug-likeness (QED) is 0.675. The topological polar surface area (TPSA) is 65.8 Å². The molecule has 2 heterocycles. The second kappa shape index (κ2) is 7.36. The Kier molecular flexibility index (Phi) is 4.41. The van der Waals surface area contributed by atoms with Crippen molar-refractivity contribution in [3.05, 3.63) is 95.6 Å². The first-order chi connectivity index (χ1) is 14.3. The maximum atomic E-state index is 12.9. The summed E-state index contributed by atoms with van der Waals surface area (Å²) in [4.78, 5) is 22.4. The third-order valence-electron chi connectivity index (χ3n) is 5.18. The van der Waals surface area contributed by atoms with E-state index in [1.165, 1.54) is 0 Å². The van der Waals surface area contributed by atoms with Crippen molar-refractivity contribution in [2.45, 2.75) is 5.92 Å². The van der Waals surface area contributed by atoms with Gasteiger partial charge in [-0.3, -0.25) is 14.8 Å². The number of hydrogen-bond donors (Lipinski definition) is 2. The molecule has 29 heavy (non-hydrogen) atoms. The summed E-state index contributed by atoms with van der Waals surface area (Å²) in [6.07, 6.45) is 0. The van der Waals surface area contributed by atoms with Crippen molar-refractivity contribution >= 4 is 28.8 Å². The van der Waals surface area contributed by atoms with Crippen LogP contribution in [0.4, 0.5) is 11.4 Å². The molecule has 0 bridgehead atoms. The highest BCUT2D eigenvalue weighted by molar-refractivity contribution is 6.24. The van der Waals surface area contributed by atoms with Crippen molar-refractivity contribution in [1.29, 1.82) is 0 Å². The second-order valence-corrected chi connectivity index (χ2v) is 7.08. The van der Waals surface area contributed by atoms with E-state index in [4.69, 9.17) is 4.99 Å². The normalized spacial score (nSPS) is 18.1. The minimum atomic E-state index is -0.445. The third-order valence-corrected chi connectivity index (χ3v) is 5.18. The number of aliphatic imine (C=N–C) groups is 2. The van der Waals surface area contributed by atoms with E-state index in [1.54, 1.807) is 0 Å². The molecule has 0 fully saturated rings. The Hall–Kier alpha value is -3.73. The standard InChI is InChI=1S/C24H20N4O/c29-24-21(19-11-4-5-12-20(19)28-24)22(16-7-2-1-3-8-16)27-18-10-6-9-17(15-18)23-25-13-14-26-23/h1-12,15,21H,13-14H2,(H,25,26)(H,28,29). The molecular formula is C24H20N4O. The predicted molar refractivity (Wildman–Crippen MR) is 116 cm³/mol. The van der Waals surface area contributed by atoms with E-state index in [9.17, 15) is 4.79 Å². The number of benzene rings is 3. The summed E-state index contributed by atoms with van der Waals surface area (Å²) in [6, 6.07) is 25.7. The molecule has 1 unspecified atom stereocenters. The van der Waals surface area contributed by atoms with E-state index in [0.717, 1.165) is 52.7 Å². The smallest absolute Gasteiger partial charge is 0.238 e. The molecule has 2 aliphatic heterocycles. The molecule has 0 aliphatic carbocycles. The number of rotatable bonds is 4. The third kappa shape index (κ3) is 3.31. The van der Waals surface area contributed by atoms with Gasteiger partial charge in [-0.25, -0.2) is 0 Å². The lowest BCUT2D eigenvalue weighted by atomic mass is 9.90. The molecule has 2 N–H and O–H groups in total. The lowest BCUT2D eigenvalue weighted by Crippen LogP contribution is -2.22. The summed E-state index contributed by atoms with van der Waals surface area (Å²) in [6.45, 7) is 1.65. The van der Waals surface area contributed by atoms with Crippen molar-refractivity contribution in [2.75, 3.05) is 18.4 Å². The maximum Gasteiger partial charge on any atom is 0.238 e. The molecule has 0 saturated carbocycles. The largest absolute Gasteiger partial charge is 0.368 e. The molecular weight excluding hydrogens is 360 g/mol. The first-order valence-corrected chi connectivity index (χ1v) is 9.72. The fourth-order valence-electron chi connectivity index (χ4n) is 3.84. The van der Waals surface area contributed by atoms with Crippen molar-refractivity contribution in [1.82, 2.24) is 5.32 Å². The fraction of sp³-hybridized carbons (Fsp3) is 0.125. The first-order valence-electron chi connectivity index (χ1n) is 9.72. The highest BCUT2D eigenvalue weighted by Gasteiger charge is 2.35. The number of para-hydroxylation sites is 1. The number of hydrogen-bond acceptors (Lipinski definition) is 4. The van der Waals surface area contributed by atoms with Gasteiger partial charge in [0.25, 0.3) is 0 Å². The van der Waals surface area contributed by atoms with Crippen LogP contribution >= 0.6 is 0 Å². The summed E-state index contributed by atoms with van der Waals surface area (Å²) in [5.41, 5.74) is 5.29. The highest BCUT2D eigenvalue weighted by atomic mass is 16.2. The maximum absolute atomic E-state index is 12.9. The van der Waals surface area contributed by atoms with Gasteiger partial charge in [0, 0.05) is 17.8 Å². The molecule has 1 atom stereocenters. The van der Waals surface area contributed by atoms with Gasteiger partial charge in [-0.15, -0.1) is 0 Å². The van der Waals surface area contributed by atoms with Crippen LogP contribution in [-0.4, -0.2) is 30.5 Å². The average Bonchev–Trinajstić information content (AvgIpc) is 3.41. The Labute approximate surface area is 169 Å². The Morgan fingerprint density at radius 3 is 2.62 bits per heavy atom. The monoisotopic (exact) mass is 380 g/mol. The fourth-order valence-corrected chi connectivity index (χ4v) is 3.84.